The Morgan fingerprint density at radius 3 is 2.79 bits per heavy atom. The second kappa shape index (κ2) is 4.82. The molecule has 1 aromatic rings. The molecule has 0 aromatic heterocycles. The lowest BCUT2D eigenvalue weighted by molar-refractivity contribution is 0.242. The smallest absolute Gasteiger partial charge is 0.120 e. The Hall–Kier alpha value is -1.28. The van der Waals surface area contributed by atoms with Gasteiger partial charge in [0.25, 0.3) is 0 Å². The molecule has 0 saturated heterocycles. The van der Waals surface area contributed by atoms with Gasteiger partial charge < -0.3 is 9.84 Å². The Balaban J connectivity index is 2.84. The zero-order chi connectivity index (χ0) is 10.6. The summed E-state index contributed by atoms with van der Waals surface area (Å²) in [6.45, 7) is 7.69. The predicted octanol–water partition coefficient (Wildman–Crippen LogP) is 2.48. The molecule has 1 N–H and O–H groups in total. The number of ether oxygens (including phenoxy) is 1. The second-order valence-electron chi connectivity index (χ2n) is 3.46. The summed E-state index contributed by atoms with van der Waals surface area (Å²) in [5.41, 5.74) is 1.63. The molecule has 0 amide bonds. The van der Waals surface area contributed by atoms with Crippen LogP contribution in [-0.2, 0) is 0 Å². The summed E-state index contributed by atoms with van der Waals surface area (Å²) in [7, 11) is 0. The van der Waals surface area contributed by atoms with Gasteiger partial charge in [-0.25, -0.2) is 0 Å². The zero-order valence-electron chi connectivity index (χ0n) is 8.66. The van der Waals surface area contributed by atoms with E-state index in [-0.39, 0.29) is 12.7 Å². The van der Waals surface area contributed by atoms with Crippen LogP contribution >= 0.6 is 0 Å². The van der Waals surface area contributed by atoms with Crippen LogP contribution in [0.15, 0.2) is 30.8 Å². The Morgan fingerprint density at radius 1 is 1.50 bits per heavy atom. The van der Waals surface area contributed by atoms with Crippen LogP contribution in [0.1, 0.15) is 19.4 Å². The summed E-state index contributed by atoms with van der Waals surface area (Å²) in [6.07, 6.45) is 0.160. The number of hydrogen-bond donors (Lipinski definition) is 1. The third-order valence-electron chi connectivity index (χ3n) is 1.80. The van der Waals surface area contributed by atoms with Crippen LogP contribution in [0.3, 0.4) is 0 Å². The van der Waals surface area contributed by atoms with E-state index in [2.05, 4.69) is 6.58 Å². The fourth-order valence-electron chi connectivity index (χ4n) is 1.15. The number of aliphatic hydroxyl groups is 1. The maximum atomic E-state index is 8.92. The Morgan fingerprint density at radius 2 is 2.21 bits per heavy atom. The van der Waals surface area contributed by atoms with Crippen molar-refractivity contribution in [3.63, 3.8) is 0 Å². The first-order valence-corrected chi connectivity index (χ1v) is 4.69. The van der Waals surface area contributed by atoms with E-state index in [1.165, 1.54) is 0 Å². The maximum absolute atomic E-state index is 8.92. The summed E-state index contributed by atoms with van der Waals surface area (Å²) >= 11 is 0. The largest absolute Gasteiger partial charge is 0.491 e. The molecular formula is C12H16O2. The molecular weight excluding hydrogens is 176 g/mol. The number of hydrogen-bond acceptors (Lipinski definition) is 2. The summed E-state index contributed by atoms with van der Waals surface area (Å²) in [5.74, 6) is 0.812. The summed E-state index contributed by atoms with van der Waals surface area (Å²) in [4.78, 5) is 0. The van der Waals surface area contributed by atoms with Crippen molar-refractivity contribution in [1.82, 2.24) is 0 Å². The molecule has 1 aromatic carbocycles. The molecule has 0 spiro atoms. The third-order valence-corrected chi connectivity index (χ3v) is 1.80. The molecule has 0 aliphatic carbocycles. The topological polar surface area (TPSA) is 29.5 Å². The van der Waals surface area contributed by atoms with E-state index in [9.17, 15) is 0 Å². The molecule has 0 heterocycles. The molecule has 1 rings (SSSR count). The molecule has 0 radical (unpaired) electrons. The molecule has 0 saturated carbocycles. The van der Waals surface area contributed by atoms with Gasteiger partial charge in [-0.3, -0.25) is 0 Å². The molecule has 0 bridgehead atoms. The van der Waals surface area contributed by atoms with E-state index in [1.54, 1.807) is 0 Å². The van der Waals surface area contributed by atoms with Crippen molar-refractivity contribution in [3.05, 3.63) is 36.4 Å². The van der Waals surface area contributed by atoms with Gasteiger partial charge in [-0.05, 0) is 37.1 Å². The average molecular weight is 192 g/mol. The molecule has 76 valence electrons. The molecule has 0 atom stereocenters. The van der Waals surface area contributed by atoms with Gasteiger partial charge in [-0.2, -0.15) is 0 Å². The van der Waals surface area contributed by atoms with E-state index in [4.69, 9.17) is 9.84 Å². The monoisotopic (exact) mass is 192 g/mol. The van der Waals surface area contributed by atoms with Gasteiger partial charge in [0.2, 0.25) is 0 Å². The molecule has 0 unspecified atom stereocenters. The average Bonchev–Trinajstić information content (AvgIpc) is 2.16. The first-order valence-electron chi connectivity index (χ1n) is 4.69. The van der Waals surface area contributed by atoms with Crippen molar-refractivity contribution in [3.8, 4) is 5.75 Å². The van der Waals surface area contributed by atoms with Gasteiger partial charge in [0, 0.05) is 0 Å². The van der Waals surface area contributed by atoms with Gasteiger partial charge >= 0.3 is 0 Å². The lowest BCUT2D eigenvalue weighted by Gasteiger charge is -2.11. The van der Waals surface area contributed by atoms with Crippen LogP contribution in [0.2, 0.25) is 0 Å². The first-order chi connectivity index (χ1) is 6.63. The normalized spacial score (nSPS) is 10.3. The Labute approximate surface area is 84.8 Å². The SMILES string of the molecule is C=C(CO)c1cccc(OC(C)C)c1. The maximum Gasteiger partial charge on any atom is 0.120 e. The van der Waals surface area contributed by atoms with Gasteiger partial charge in [0.15, 0.2) is 0 Å². The van der Waals surface area contributed by atoms with E-state index in [0.717, 1.165) is 11.3 Å². The van der Waals surface area contributed by atoms with Crippen LogP contribution in [-0.4, -0.2) is 17.8 Å². The van der Waals surface area contributed by atoms with E-state index in [1.807, 2.05) is 38.1 Å². The van der Waals surface area contributed by atoms with Gasteiger partial charge in [-0.1, -0.05) is 18.7 Å². The summed E-state index contributed by atoms with van der Waals surface area (Å²) in [5, 5.41) is 8.92. The van der Waals surface area contributed by atoms with Crippen molar-refractivity contribution in [2.45, 2.75) is 20.0 Å². The molecule has 2 heteroatoms. The Bertz CT molecular complexity index is 316. The van der Waals surface area contributed by atoms with Crippen LogP contribution in [0.25, 0.3) is 5.57 Å². The van der Waals surface area contributed by atoms with E-state index >= 15 is 0 Å². The highest BCUT2D eigenvalue weighted by molar-refractivity contribution is 5.65. The highest BCUT2D eigenvalue weighted by atomic mass is 16.5. The number of benzene rings is 1. The summed E-state index contributed by atoms with van der Waals surface area (Å²) in [6, 6.07) is 7.59. The quantitative estimate of drug-likeness (QED) is 0.794. The fraction of sp³-hybridized carbons (Fsp3) is 0.333. The van der Waals surface area contributed by atoms with Gasteiger partial charge in [0.05, 0.1) is 12.7 Å². The zero-order valence-corrected chi connectivity index (χ0v) is 8.66. The van der Waals surface area contributed by atoms with Crippen LogP contribution < -0.4 is 4.74 Å². The highest BCUT2D eigenvalue weighted by Crippen LogP contribution is 2.19. The van der Waals surface area contributed by atoms with Gasteiger partial charge in [0.1, 0.15) is 5.75 Å². The number of rotatable bonds is 4. The minimum absolute atomic E-state index is 0.0227. The minimum Gasteiger partial charge on any atom is -0.491 e. The lowest BCUT2D eigenvalue weighted by atomic mass is 10.1. The molecule has 0 aliphatic rings. The second-order valence-corrected chi connectivity index (χ2v) is 3.46. The van der Waals surface area contributed by atoms with Crippen LogP contribution in [0.4, 0.5) is 0 Å². The van der Waals surface area contributed by atoms with Crippen LogP contribution in [0, 0.1) is 0 Å². The predicted molar refractivity (Wildman–Crippen MR) is 58.3 cm³/mol. The minimum atomic E-state index is -0.0227. The van der Waals surface area contributed by atoms with Crippen LogP contribution in [0.5, 0.6) is 5.75 Å². The van der Waals surface area contributed by atoms with E-state index in [0.29, 0.717) is 5.57 Å². The molecule has 0 fully saturated rings. The highest BCUT2D eigenvalue weighted by Gasteiger charge is 2.01. The fourth-order valence-corrected chi connectivity index (χ4v) is 1.15. The summed E-state index contributed by atoms with van der Waals surface area (Å²) < 4.78 is 5.53. The number of aliphatic hydroxyl groups excluding tert-OH is 1. The standard InChI is InChI=1S/C12H16O2/c1-9(2)14-12-6-4-5-11(7-12)10(3)8-13/h4-7,9,13H,3,8H2,1-2H3. The molecule has 0 aliphatic heterocycles. The molecule has 14 heavy (non-hydrogen) atoms. The van der Waals surface area contributed by atoms with Crippen molar-refractivity contribution in [2.24, 2.45) is 0 Å². The van der Waals surface area contributed by atoms with E-state index < -0.39 is 0 Å². The van der Waals surface area contributed by atoms with Crippen molar-refractivity contribution >= 4 is 5.57 Å². The lowest BCUT2D eigenvalue weighted by Crippen LogP contribution is -2.05. The molecule has 2 nitrogen and oxygen atoms in total. The Kier molecular flexibility index (Phi) is 3.72. The van der Waals surface area contributed by atoms with Crippen molar-refractivity contribution < 1.29 is 9.84 Å². The van der Waals surface area contributed by atoms with Gasteiger partial charge in [-0.15, -0.1) is 0 Å². The third kappa shape index (κ3) is 2.89. The van der Waals surface area contributed by atoms with Crippen molar-refractivity contribution in [1.29, 1.82) is 0 Å². The van der Waals surface area contributed by atoms with Crippen molar-refractivity contribution in [2.75, 3.05) is 6.61 Å². The first kappa shape index (κ1) is 10.8.